The number of aliphatic imine (C=N–C) groups is 2. The quantitative estimate of drug-likeness (QED) is 0.646. The molecule has 32 heavy (non-hydrogen) atoms. The predicted octanol–water partition coefficient (Wildman–Crippen LogP) is 3.91. The Balaban J connectivity index is 1.30. The van der Waals surface area contributed by atoms with Gasteiger partial charge in [-0.1, -0.05) is 37.1 Å². The molecule has 2 N–H and O–H groups in total. The van der Waals surface area contributed by atoms with E-state index in [9.17, 15) is 4.79 Å². The van der Waals surface area contributed by atoms with Crippen molar-refractivity contribution in [3.05, 3.63) is 59.7 Å². The fourth-order valence-electron chi connectivity index (χ4n) is 4.28. The van der Waals surface area contributed by atoms with E-state index in [4.69, 9.17) is 9.47 Å². The van der Waals surface area contributed by atoms with Crippen molar-refractivity contribution >= 4 is 23.8 Å². The molecule has 1 atom stereocenters. The molecule has 1 aliphatic heterocycles. The number of rotatable bonds is 7. The van der Waals surface area contributed by atoms with E-state index in [1.807, 2.05) is 54.7 Å². The molecule has 0 bridgehead atoms. The van der Waals surface area contributed by atoms with E-state index < -0.39 is 5.54 Å². The van der Waals surface area contributed by atoms with Crippen LogP contribution in [-0.2, 0) is 16.1 Å². The lowest BCUT2D eigenvalue weighted by Crippen LogP contribution is -2.50. The largest absolute Gasteiger partial charge is 0.497 e. The highest BCUT2D eigenvalue weighted by molar-refractivity contribution is 6.00. The molecule has 1 unspecified atom stereocenters. The molecule has 1 fully saturated rings. The van der Waals surface area contributed by atoms with Gasteiger partial charge < -0.3 is 14.8 Å². The Morgan fingerprint density at radius 3 is 2.38 bits per heavy atom. The van der Waals surface area contributed by atoms with Crippen LogP contribution in [0.2, 0.25) is 0 Å². The molecule has 1 aliphatic carbocycles. The lowest BCUT2D eigenvalue weighted by atomic mass is 9.97. The van der Waals surface area contributed by atoms with E-state index in [-0.39, 0.29) is 11.9 Å². The second-order valence-electron chi connectivity index (χ2n) is 8.28. The lowest BCUT2D eigenvalue weighted by molar-refractivity contribution is -0.148. The zero-order valence-corrected chi connectivity index (χ0v) is 18.6. The summed E-state index contributed by atoms with van der Waals surface area (Å²) in [6.07, 6.45) is 5.69. The summed E-state index contributed by atoms with van der Waals surface area (Å²) >= 11 is 0. The smallest absolute Gasteiger partial charge is 0.326 e. The molecule has 7 heteroatoms. The van der Waals surface area contributed by atoms with Gasteiger partial charge in [-0.15, -0.1) is 0 Å². The van der Waals surface area contributed by atoms with Crippen LogP contribution in [0, 0.1) is 0 Å². The summed E-state index contributed by atoms with van der Waals surface area (Å²) in [5, 5.41) is 6.71. The van der Waals surface area contributed by atoms with Crippen LogP contribution in [0.3, 0.4) is 0 Å². The van der Waals surface area contributed by atoms with Crippen LogP contribution in [0.1, 0.15) is 42.7 Å². The molecule has 1 saturated carbocycles. The van der Waals surface area contributed by atoms with E-state index in [1.54, 1.807) is 7.11 Å². The molecule has 0 aromatic heterocycles. The van der Waals surface area contributed by atoms with Crippen LogP contribution < -0.4 is 15.4 Å². The normalized spacial score (nSPS) is 19.3. The molecule has 168 valence electrons. The van der Waals surface area contributed by atoms with Gasteiger partial charge in [0.25, 0.3) is 0 Å². The van der Waals surface area contributed by atoms with Crippen molar-refractivity contribution < 1.29 is 14.3 Å². The van der Waals surface area contributed by atoms with Crippen molar-refractivity contribution in [3.63, 3.8) is 0 Å². The minimum atomic E-state index is -0.544. The van der Waals surface area contributed by atoms with E-state index in [2.05, 4.69) is 20.6 Å². The number of hydrogen-bond acceptors (Lipinski definition) is 7. The summed E-state index contributed by atoms with van der Waals surface area (Å²) in [5.74, 6) is 1.46. The lowest BCUT2D eigenvalue weighted by Gasteiger charge is -2.27. The third-order valence-corrected chi connectivity index (χ3v) is 6.23. The predicted molar refractivity (Wildman–Crippen MR) is 127 cm³/mol. The average Bonchev–Trinajstić information content (AvgIpc) is 3.34. The maximum atomic E-state index is 12.2. The summed E-state index contributed by atoms with van der Waals surface area (Å²) in [4.78, 5) is 21.3. The number of esters is 1. The van der Waals surface area contributed by atoms with E-state index in [0.29, 0.717) is 19.0 Å². The number of nitrogens with one attached hydrogen (secondary N) is 2. The van der Waals surface area contributed by atoms with Crippen molar-refractivity contribution in [1.82, 2.24) is 5.32 Å². The number of methoxy groups -OCH3 is 2. The van der Waals surface area contributed by atoms with Gasteiger partial charge >= 0.3 is 5.97 Å². The molecule has 4 rings (SSSR count). The molecule has 7 nitrogen and oxygen atoms in total. The maximum Gasteiger partial charge on any atom is 0.326 e. The molecule has 2 aliphatic rings. The van der Waals surface area contributed by atoms with Gasteiger partial charge in [0.05, 0.1) is 20.8 Å². The monoisotopic (exact) mass is 434 g/mol. The van der Waals surface area contributed by atoms with Gasteiger partial charge in [0.1, 0.15) is 11.3 Å². The first kappa shape index (κ1) is 22.0. The fraction of sp³-hybridized carbons (Fsp3) is 0.400. The number of nitrogens with zero attached hydrogens (tertiary/aromatic N) is 2. The Morgan fingerprint density at radius 1 is 1.06 bits per heavy atom. The summed E-state index contributed by atoms with van der Waals surface area (Å²) in [5.41, 5.74) is 2.66. The summed E-state index contributed by atoms with van der Waals surface area (Å²) in [6.45, 7) is 1.27. The zero-order chi connectivity index (χ0) is 22.4. The Morgan fingerprint density at radius 2 is 1.78 bits per heavy atom. The van der Waals surface area contributed by atoms with Crippen LogP contribution in [0.15, 0.2) is 58.5 Å². The minimum Gasteiger partial charge on any atom is -0.497 e. The van der Waals surface area contributed by atoms with Crippen LogP contribution >= 0.6 is 0 Å². The standard InChI is InChI=1S/C25H30N4O3/c1-31-22-11-7-19(8-12-22)20-16-26-24(27-17-20)29-21-9-5-18(6-10-21)15-28-25(23(30)32-2)13-3-4-14-25/h5-12,16,20,28H,3-4,13-15,17H2,1-2H3,(H,27,29). The van der Waals surface area contributed by atoms with Gasteiger partial charge in [0.15, 0.2) is 0 Å². The molecular formula is C25H30N4O3. The number of benzene rings is 2. The maximum absolute atomic E-state index is 12.2. The highest BCUT2D eigenvalue weighted by atomic mass is 16.5. The molecule has 0 spiro atoms. The molecule has 0 saturated heterocycles. The van der Waals surface area contributed by atoms with Gasteiger partial charge in [0, 0.05) is 24.4 Å². The van der Waals surface area contributed by atoms with Crippen molar-refractivity contribution in [1.29, 1.82) is 0 Å². The number of carbonyl (C=O) groups is 1. The van der Waals surface area contributed by atoms with Gasteiger partial charge in [-0.3, -0.25) is 15.1 Å². The molecule has 2 aromatic carbocycles. The number of hydrogen-bond donors (Lipinski definition) is 2. The van der Waals surface area contributed by atoms with E-state index >= 15 is 0 Å². The number of guanidine groups is 1. The molecule has 0 amide bonds. The SMILES string of the molecule is COC(=O)C1(NCc2ccc(NC3=NCC(c4ccc(OC)cc4)C=N3)cc2)CCCC1. The third-order valence-electron chi connectivity index (χ3n) is 6.23. The molecule has 2 aromatic rings. The molecular weight excluding hydrogens is 404 g/mol. The van der Waals surface area contributed by atoms with Crippen LogP contribution in [0.4, 0.5) is 5.69 Å². The Hall–Kier alpha value is -3.19. The zero-order valence-electron chi connectivity index (χ0n) is 18.6. The first-order valence-electron chi connectivity index (χ1n) is 11.0. The molecule has 1 heterocycles. The van der Waals surface area contributed by atoms with Gasteiger partial charge in [-0.05, 0) is 48.2 Å². The van der Waals surface area contributed by atoms with Gasteiger partial charge in [-0.25, -0.2) is 4.99 Å². The van der Waals surface area contributed by atoms with E-state index in [0.717, 1.165) is 42.7 Å². The summed E-state index contributed by atoms with van der Waals surface area (Å²) < 4.78 is 10.2. The van der Waals surface area contributed by atoms with Crippen molar-refractivity contribution in [2.75, 3.05) is 26.1 Å². The minimum absolute atomic E-state index is 0.158. The van der Waals surface area contributed by atoms with E-state index in [1.165, 1.54) is 12.7 Å². The Bertz CT molecular complexity index is 977. The first-order chi connectivity index (χ1) is 15.6. The van der Waals surface area contributed by atoms with Crippen molar-refractivity contribution in [2.45, 2.75) is 43.7 Å². The van der Waals surface area contributed by atoms with Crippen LogP contribution in [-0.4, -0.2) is 44.4 Å². The highest BCUT2D eigenvalue weighted by Crippen LogP contribution is 2.31. The topological polar surface area (TPSA) is 84.3 Å². The Labute approximate surface area is 189 Å². The number of ether oxygens (including phenoxy) is 2. The van der Waals surface area contributed by atoms with Crippen molar-refractivity contribution in [2.24, 2.45) is 9.98 Å². The van der Waals surface area contributed by atoms with Gasteiger partial charge in [-0.2, -0.15) is 0 Å². The fourth-order valence-corrected chi connectivity index (χ4v) is 4.28. The second-order valence-corrected chi connectivity index (χ2v) is 8.28. The summed E-state index contributed by atoms with van der Waals surface area (Å²) in [6, 6.07) is 16.1. The highest BCUT2D eigenvalue weighted by Gasteiger charge is 2.41. The average molecular weight is 435 g/mol. The van der Waals surface area contributed by atoms with Crippen LogP contribution in [0.5, 0.6) is 5.75 Å². The van der Waals surface area contributed by atoms with Crippen molar-refractivity contribution in [3.8, 4) is 5.75 Å². The van der Waals surface area contributed by atoms with Crippen LogP contribution in [0.25, 0.3) is 0 Å². The molecule has 0 radical (unpaired) electrons. The number of carbonyl (C=O) groups excluding carboxylic acids is 1. The second kappa shape index (κ2) is 9.96. The third kappa shape index (κ3) is 4.99. The number of anilines is 1. The Kier molecular flexibility index (Phi) is 6.85. The first-order valence-corrected chi connectivity index (χ1v) is 11.0. The summed E-state index contributed by atoms with van der Waals surface area (Å²) in [7, 11) is 3.12. The van der Waals surface area contributed by atoms with Gasteiger partial charge in [0.2, 0.25) is 5.96 Å².